The molecule has 3 atom stereocenters. The molecular weight excluding hydrogens is 730 g/mol. The van der Waals surface area contributed by atoms with Crippen LogP contribution in [0.5, 0.6) is 11.5 Å². The van der Waals surface area contributed by atoms with Gasteiger partial charge in [-0.1, -0.05) is 32.1 Å². The predicted molar refractivity (Wildman–Crippen MR) is 223 cm³/mol. The smallest absolute Gasteiger partial charge is 0.267 e. The molecule has 2 aromatic carbocycles. The van der Waals surface area contributed by atoms with E-state index in [1.165, 1.54) is 0 Å². The van der Waals surface area contributed by atoms with Gasteiger partial charge in [0, 0.05) is 18.8 Å². The Morgan fingerprint density at radius 3 is 2.11 bits per heavy atom. The number of nitrogens with one attached hydrogen (secondary N) is 2. The molecule has 57 heavy (non-hydrogen) atoms. The summed E-state index contributed by atoms with van der Waals surface area (Å²) in [5.41, 5.74) is 14.6. The number of aliphatic imine (C=N–C) groups is 1. The first-order chi connectivity index (χ1) is 27.7. The maximum absolute atomic E-state index is 13.8. The molecule has 2 bridgehead atoms. The maximum atomic E-state index is 13.8. The van der Waals surface area contributed by atoms with Gasteiger partial charge in [-0.25, -0.2) is 4.99 Å². The third-order valence-corrected chi connectivity index (χ3v) is 10.2. The van der Waals surface area contributed by atoms with Crippen molar-refractivity contribution in [2.24, 2.45) is 28.3 Å². The van der Waals surface area contributed by atoms with E-state index in [4.69, 9.17) is 49.6 Å². The monoisotopic (exact) mass is 795 g/mol. The summed E-state index contributed by atoms with van der Waals surface area (Å²) in [6, 6.07) is 11.4. The van der Waals surface area contributed by atoms with E-state index in [9.17, 15) is 9.90 Å². The molecule has 0 saturated heterocycles. The number of hydrogen-bond donors (Lipinski definition) is 5. The number of carbonyl (C=O) groups is 1. The molecule has 0 aliphatic heterocycles. The summed E-state index contributed by atoms with van der Waals surface area (Å²) in [6.45, 7) is 10.1. The number of carbonyl (C=O) groups excluding carboxylic acids is 1. The van der Waals surface area contributed by atoms with E-state index < -0.39 is 11.4 Å². The Hall–Kier alpha value is -4.02. The summed E-state index contributed by atoms with van der Waals surface area (Å²) in [7, 11) is 3.15. The second-order valence-electron chi connectivity index (χ2n) is 14.5. The fourth-order valence-corrected chi connectivity index (χ4v) is 7.18. The van der Waals surface area contributed by atoms with E-state index in [0.717, 1.165) is 36.9 Å². The van der Waals surface area contributed by atoms with Gasteiger partial charge in [0.1, 0.15) is 11.5 Å². The Morgan fingerprint density at radius 1 is 0.912 bits per heavy atom. The molecule has 0 heterocycles. The number of nitrogens with zero attached hydrogens (tertiary/aromatic N) is 1. The number of rotatable bonds is 27. The fraction of sp³-hybridized carbons (Fsp3) is 0.581. The lowest BCUT2D eigenvalue weighted by Crippen LogP contribution is -2.55. The molecule has 1 saturated carbocycles. The van der Waals surface area contributed by atoms with Crippen LogP contribution < -0.4 is 31.6 Å². The Morgan fingerprint density at radius 2 is 1.53 bits per heavy atom. The van der Waals surface area contributed by atoms with Crippen molar-refractivity contribution in [2.75, 3.05) is 105 Å². The van der Waals surface area contributed by atoms with Gasteiger partial charge in [0.05, 0.1) is 115 Å². The molecule has 2 aliphatic carbocycles. The van der Waals surface area contributed by atoms with Crippen LogP contribution in [0.2, 0.25) is 0 Å². The zero-order valence-corrected chi connectivity index (χ0v) is 34.3. The summed E-state index contributed by atoms with van der Waals surface area (Å²) >= 11 is 0. The van der Waals surface area contributed by atoms with Crippen LogP contribution in [0.3, 0.4) is 0 Å². The minimum absolute atomic E-state index is 0.0490. The van der Waals surface area contributed by atoms with Gasteiger partial charge >= 0.3 is 0 Å². The summed E-state index contributed by atoms with van der Waals surface area (Å²) in [4.78, 5) is 18.9. The summed E-state index contributed by atoms with van der Waals surface area (Å²) in [5.74, 6) is 1.37. The molecule has 1 amide bonds. The quantitative estimate of drug-likeness (QED) is 0.0370. The largest absolute Gasteiger partial charge is 0.496 e. The Labute approximate surface area is 338 Å². The second-order valence-corrected chi connectivity index (χ2v) is 14.5. The third-order valence-electron chi connectivity index (χ3n) is 10.2. The Bertz CT molecular complexity index is 1590. The number of nitrogens with two attached hydrogens (primary N) is 2. The van der Waals surface area contributed by atoms with Gasteiger partial charge in [0.2, 0.25) is 0 Å². The molecule has 2 aliphatic rings. The first kappa shape index (κ1) is 45.7. The minimum atomic E-state index is -0.875. The van der Waals surface area contributed by atoms with Crippen molar-refractivity contribution in [3.63, 3.8) is 0 Å². The molecule has 0 radical (unpaired) electrons. The lowest BCUT2D eigenvalue weighted by atomic mass is 9.83. The van der Waals surface area contributed by atoms with E-state index in [2.05, 4.69) is 36.6 Å². The van der Waals surface area contributed by atoms with Gasteiger partial charge in [0.15, 0.2) is 0 Å². The molecule has 0 spiro atoms. The number of amides is 1. The van der Waals surface area contributed by atoms with E-state index in [0.29, 0.717) is 114 Å². The minimum Gasteiger partial charge on any atom is -0.496 e. The van der Waals surface area contributed by atoms with Crippen molar-refractivity contribution < 1.29 is 43.1 Å². The van der Waals surface area contributed by atoms with Gasteiger partial charge in [-0.2, -0.15) is 0 Å². The highest BCUT2D eigenvalue weighted by atomic mass is 16.6. The van der Waals surface area contributed by atoms with Crippen molar-refractivity contribution in [3.05, 3.63) is 71.5 Å². The number of hydrogen-bond acceptors (Lipinski definition) is 13. The zero-order chi connectivity index (χ0) is 40.9. The Kier molecular flexibility index (Phi) is 19.8. The highest BCUT2D eigenvalue weighted by Crippen LogP contribution is 2.43. The van der Waals surface area contributed by atoms with Crippen molar-refractivity contribution >= 4 is 23.0 Å². The molecule has 7 N–H and O–H groups in total. The fourth-order valence-electron chi connectivity index (χ4n) is 7.18. The highest BCUT2D eigenvalue weighted by Gasteiger charge is 2.43. The van der Waals surface area contributed by atoms with Gasteiger partial charge in [-0.3, -0.25) is 4.79 Å². The molecule has 0 aromatic heterocycles. The highest BCUT2D eigenvalue weighted by molar-refractivity contribution is 6.16. The van der Waals surface area contributed by atoms with E-state index in [1.54, 1.807) is 20.3 Å². The Balaban J connectivity index is 1.37. The number of ether oxygens (including phenoxy) is 7. The summed E-state index contributed by atoms with van der Waals surface area (Å²) in [5, 5.41) is 17.1. The van der Waals surface area contributed by atoms with Crippen LogP contribution in [0, 0.1) is 11.8 Å². The zero-order valence-electron chi connectivity index (χ0n) is 34.3. The predicted octanol–water partition coefficient (Wildman–Crippen LogP) is 4.47. The SMILES string of the molecule is COc1cccc(OC)c1C(/C=C(\N)C(=O)NC1(CO)C=CCC2CCC1C2)=Nc1ccc(NCCOCCOCCOCCOCCOCCN)cc1C(C)C. The number of fused-ring (bicyclic) bond motifs is 2. The third kappa shape index (κ3) is 14.1. The number of aliphatic hydroxyl groups excluding tert-OH is 1. The molecule has 14 heteroatoms. The normalized spacial score (nSPS) is 19.5. The summed E-state index contributed by atoms with van der Waals surface area (Å²) in [6.07, 6.45) is 9.51. The van der Waals surface area contributed by atoms with Crippen molar-refractivity contribution in [1.29, 1.82) is 0 Å². The summed E-state index contributed by atoms with van der Waals surface area (Å²) < 4.78 is 39.0. The van der Waals surface area contributed by atoms with Crippen LogP contribution >= 0.6 is 0 Å². The molecule has 14 nitrogen and oxygen atoms in total. The van der Waals surface area contributed by atoms with Crippen molar-refractivity contribution in [1.82, 2.24) is 5.32 Å². The van der Waals surface area contributed by atoms with Crippen LogP contribution in [0.4, 0.5) is 11.4 Å². The number of aliphatic hydroxyl groups is 1. The van der Waals surface area contributed by atoms with Crippen molar-refractivity contribution in [3.8, 4) is 11.5 Å². The average Bonchev–Trinajstić information content (AvgIpc) is 3.63. The van der Waals surface area contributed by atoms with Crippen LogP contribution in [0.25, 0.3) is 0 Å². The molecule has 316 valence electrons. The van der Waals surface area contributed by atoms with E-state index in [1.807, 2.05) is 36.4 Å². The van der Waals surface area contributed by atoms with E-state index >= 15 is 0 Å². The van der Waals surface area contributed by atoms with Gasteiger partial charge in [-0.15, -0.1) is 0 Å². The number of allylic oxidation sites excluding steroid dienone is 2. The lowest BCUT2D eigenvalue weighted by molar-refractivity contribution is -0.120. The van der Waals surface area contributed by atoms with Crippen LogP contribution in [-0.4, -0.2) is 122 Å². The molecule has 2 aromatic rings. The maximum Gasteiger partial charge on any atom is 0.267 e. The van der Waals surface area contributed by atoms with Gasteiger partial charge < -0.3 is 60.4 Å². The first-order valence-corrected chi connectivity index (χ1v) is 20.1. The lowest BCUT2D eigenvalue weighted by Gasteiger charge is -2.35. The van der Waals surface area contributed by atoms with Crippen LogP contribution in [0.15, 0.2) is 65.3 Å². The second kappa shape index (κ2) is 24.7. The first-order valence-electron chi connectivity index (χ1n) is 20.1. The van der Waals surface area contributed by atoms with Crippen LogP contribution in [-0.2, 0) is 28.5 Å². The van der Waals surface area contributed by atoms with Gasteiger partial charge in [-0.05, 0) is 85.4 Å². The molecule has 4 rings (SSSR count). The van der Waals surface area contributed by atoms with Crippen LogP contribution in [0.1, 0.15) is 56.6 Å². The van der Waals surface area contributed by atoms with Gasteiger partial charge in [0.25, 0.3) is 5.91 Å². The number of benzene rings is 2. The topological polar surface area (TPSA) is 190 Å². The molecule has 1 fully saturated rings. The molecular formula is C43H65N5O9. The van der Waals surface area contributed by atoms with E-state index in [-0.39, 0.29) is 24.1 Å². The molecule has 3 unspecified atom stereocenters. The standard InChI is InChI=1S/C43H65N5O9/c1-31(2)35-28-34(46-16-18-54-20-22-56-24-26-57-25-23-55-21-19-53-17-15-44)12-13-37(35)47-38(41-39(51-3)8-5-9-40(41)52-4)29-36(45)42(50)48-43(30-49)14-6-7-32-10-11-33(43)27-32/h5-6,8-9,12-14,28-29,31-33,46,49H,7,10-11,15-27,30,44-45H2,1-4H3,(H,48,50)/b36-29-,47-38?. The number of methoxy groups -OCH3 is 2. The number of anilines is 1. The van der Waals surface area contributed by atoms with Crippen molar-refractivity contribution in [2.45, 2.75) is 51.0 Å². The average molecular weight is 796 g/mol.